The molecule has 0 atom stereocenters. The minimum absolute atomic E-state index is 0.0353. The Morgan fingerprint density at radius 3 is 2.23 bits per heavy atom. The number of nitrogens with zero attached hydrogens (tertiary/aromatic N) is 1. The monoisotopic (exact) mass is 590 g/mol. The number of hydrogen-bond acceptors (Lipinski definition) is 9. The molecule has 0 saturated carbocycles. The van der Waals surface area contributed by atoms with Gasteiger partial charge in [0.2, 0.25) is 11.8 Å². The first-order valence-corrected chi connectivity index (χ1v) is 13.5. The third-order valence-corrected chi connectivity index (χ3v) is 5.67. The van der Waals surface area contributed by atoms with E-state index in [2.05, 4.69) is 21.2 Å². The Bertz CT molecular complexity index is 1440. The number of para-hydroxylation sites is 2. The highest BCUT2D eigenvalue weighted by Crippen LogP contribution is 2.28. The Morgan fingerprint density at radius 2 is 1.51 bits per heavy atom. The molecule has 0 aliphatic rings. The maximum absolute atomic E-state index is 12.4. The van der Waals surface area contributed by atoms with Crippen LogP contribution in [0, 0.1) is 0 Å². The number of amides is 3. The molecule has 3 amide bonds. The van der Waals surface area contributed by atoms with Gasteiger partial charge in [-0.2, -0.15) is 5.10 Å². The van der Waals surface area contributed by atoms with Crippen molar-refractivity contribution < 1.29 is 38.1 Å². The van der Waals surface area contributed by atoms with E-state index in [1.807, 2.05) is 0 Å². The molecule has 0 unspecified atom stereocenters. The molecule has 0 spiro atoms. The number of esters is 1. The first-order valence-electron chi connectivity index (χ1n) is 13.5. The zero-order chi connectivity index (χ0) is 31.0. The summed E-state index contributed by atoms with van der Waals surface area (Å²) in [5.41, 5.74) is 4.40. The van der Waals surface area contributed by atoms with Crippen LogP contribution < -0.4 is 30.3 Å². The fourth-order valence-corrected chi connectivity index (χ4v) is 3.66. The first kappa shape index (κ1) is 32.1. The molecule has 0 saturated heterocycles. The number of rotatable bonds is 15. The van der Waals surface area contributed by atoms with E-state index in [4.69, 9.17) is 18.9 Å². The average Bonchev–Trinajstić information content (AvgIpc) is 3.00. The van der Waals surface area contributed by atoms with Crippen molar-refractivity contribution in [2.24, 2.45) is 5.10 Å². The number of methoxy groups -OCH3 is 1. The molecule has 0 fully saturated rings. The summed E-state index contributed by atoms with van der Waals surface area (Å²) >= 11 is 0. The van der Waals surface area contributed by atoms with Crippen molar-refractivity contribution in [3.05, 3.63) is 77.9 Å². The number of anilines is 2. The Kier molecular flexibility index (Phi) is 12.5. The highest BCUT2D eigenvalue weighted by Gasteiger charge is 2.12. The maximum atomic E-state index is 12.4. The van der Waals surface area contributed by atoms with E-state index in [0.29, 0.717) is 46.4 Å². The molecule has 0 aromatic heterocycles. The molecular formula is C31H34N4O8. The summed E-state index contributed by atoms with van der Waals surface area (Å²) in [7, 11) is 1.51. The highest BCUT2D eigenvalue weighted by atomic mass is 16.5. The summed E-state index contributed by atoms with van der Waals surface area (Å²) in [6.45, 7) is 3.87. The molecule has 3 aromatic carbocycles. The predicted octanol–water partition coefficient (Wildman–Crippen LogP) is 4.16. The average molecular weight is 591 g/mol. The number of carbonyl (C=O) groups excluding carboxylic acids is 4. The van der Waals surface area contributed by atoms with Crippen LogP contribution in [0.4, 0.5) is 11.4 Å². The van der Waals surface area contributed by atoms with Gasteiger partial charge in [0.05, 0.1) is 37.8 Å². The van der Waals surface area contributed by atoms with E-state index in [9.17, 15) is 19.2 Å². The van der Waals surface area contributed by atoms with E-state index < -0.39 is 17.8 Å². The van der Waals surface area contributed by atoms with Gasteiger partial charge in [-0.25, -0.2) is 10.2 Å². The van der Waals surface area contributed by atoms with Gasteiger partial charge in [-0.1, -0.05) is 12.1 Å². The van der Waals surface area contributed by atoms with Crippen molar-refractivity contribution in [3.8, 4) is 17.2 Å². The molecule has 3 N–H and O–H groups in total. The normalized spacial score (nSPS) is 10.5. The molecule has 0 aliphatic carbocycles. The number of hydrazone groups is 1. The fourth-order valence-electron chi connectivity index (χ4n) is 3.66. The highest BCUT2D eigenvalue weighted by molar-refractivity contribution is 5.95. The van der Waals surface area contributed by atoms with Crippen LogP contribution in [-0.2, 0) is 19.1 Å². The van der Waals surface area contributed by atoms with Crippen LogP contribution in [0.15, 0.2) is 71.8 Å². The van der Waals surface area contributed by atoms with Gasteiger partial charge in [0.15, 0.2) is 18.1 Å². The topological polar surface area (TPSA) is 154 Å². The lowest BCUT2D eigenvalue weighted by atomic mass is 10.2. The van der Waals surface area contributed by atoms with E-state index in [1.165, 1.54) is 13.3 Å². The van der Waals surface area contributed by atoms with Crippen LogP contribution in [-0.4, -0.2) is 56.8 Å². The van der Waals surface area contributed by atoms with Gasteiger partial charge >= 0.3 is 5.97 Å². The summed E-state index contributed by atoms with van der Waals surface area (Å²) in [4.78, 5) is 48.5. The molecule has 226 valence electrons. The van der Waals surface area contributed by atoms with E-state index in [0.717, 1.165) is 0 Å². The Labute approximate surface area is 249 Å². The number of nitrogens with one attached hydrogen (secondary N) is 3. The van der Waals surface area contributed by atoms with Crippen molar-refractivity contribution in [3.63, 3.8) is 0 Å². The smallest absolute Gasteiger partial charge is 0.338 e. The molecule has 0 bridgehead atoms. The van der Waals surface area contributed by atoms with E-state index >= 15 is 0 Å². The lowest BCUT2D eigenvalue weighted by Gasteiger charge is -2.13. The largest absolute Gasteiger partial charge is 0.495 e. The SMILES string of the molecule is CCOC(=O)c1ccc(NC(=O)COc2ccc(C=NNC(=O)CCC(=O)Nc3ccccc3OC)cc2OCC)cc1. The molecule has 3 rings (SSSR count). The lowest BCUT2D eigenvalue weighted by molar-refractivity contribution is -0.124. The first-order chi connectivity index (χ1) is 20.8. The van der Waals surface area contributed by atoms with Crippen molar-refractivity contribution >= 4 is 41.3 Å². The van der Waals surface area contributed by atoms with Crippen LogP contribution in [0.1, 0.15) is 42.6 Å². The third-order valence-electron chi connectivity index (χ3n) is 5.67. The van der Waals surface area contributed by atoms with E-state index in [-0.39, 0.29) is 32.0 Å². The third kappa shape index (κ3) is 10.5. The second-order valence-electron chi connectivity index (χ2n) is 8.82. The van der Waals surface area contributed by atoms with Crippen molar-refractivity contribution in [1.29, 1.82) is 0 Å². The second kappa shape index (κ2) is 16.8. The number of ether oxygens (including phenoxy) is 4. The number of benzene rings is 3. The number of hydrogen-bond donors (Lipinski definition) is 3. The van der Waals surface area contributed by atoms with Gasteiger partial charge in [0, 0.05) is 18.5 Å². The predicted molar refractivity (Wildman–Crippen MR) is 161 cm³/mol. The zero-order valence-corrected chi connectivity index (χ0v) is 24.2. The van der Waals surface area contributed by atoms with Crippen LogP contribution in [0.25, 0.3) is 0 Å². The van der Waals surface area contributed by atoms with Gasteiger partial charge in [0.25, 0.3) is 5.91 Å². The maximum Gasteiger partial charge on any atom is 0.338 e. The molecular weight excluding hydrogens is 556 g/mol. The van der Waals surface area contributed by atoms with Crippen LogP contribution >= 0.6 is 0 Å². The summed E-state index contributed by atoms with van der Waals surface area (Å²) < 4.78 is 21.4. The van der Waals surface area contributed by atoms with Gasteiger partial charge in [0.1, 0.15) is 5.75 Å². The molecule has 0 radical (unpaired) electrons. The zero-order valence-electron chi connectivity index (χ0n) is 24.2. The molecule has 43 heavy (non-hydrogen) atoms. The summed E-state index contributed by atoms with van der Waals surface area (Å²) in [6, 6.07) is 18.3. The molecule has 12 nitrogen and oxygen atoms in total. The fraction of sp³-hybridized carbons (Fsp3) is 0.258. The summed E-state index contributed by atoms with van der Waals surface area (Å²) in [5, 5.41) is 9.35. The van der Waals surface area contributed by atoms with Crippen molar-refractivity contribution in [2.75, 3.05) is 37.6 Å². The molecule has 3 aromatic rings. The van der Waals surface area contributed by atoms with Gasteiger partial charge in [-0.3, -0.25) is 14.4 Å². The standard InChI is InChI=1S/C31H34N4O8/c1-4-41-27-18-21(19-32-35-29(37)17-16-28(36)34-24-8-6-7-9-25(24)40-3)10-15-26(27)43-20-30(38)33-23-13-11-22(12-14-23)31(39)42-5-2/h6-15,18-19H,4-5,16-17,20H2,1-3H3,(H,33,38)(H,34,36)(H,35,37). The number of carbonyl (C=O) groups is 4. The van der Waals surface area contributed by atoms with Crippen molar-refractivity contribution in [1.82, 2.24) is 5.43 Å². The Morgan fingerprint density at radius 1 is 0.767 bits per heavy atom. The minimum Gasteiger partial charge on any atom is -0.495 e. The molecule has 0 aliphatic heterocycles. The van der Waals surface area contributed by atoms with Crippen LogP contribution in [0.3, 0.4) is 0 Å². The molecule has 0 heterocycles. The summed E-state index contributed by atoms with van der Waals surface area (Å²) in [5.74, 6) is -0.354. The van der Waals surface area contributed by atoms with Crippen LogP contribution in [0.5, 0.6) is 17.2 Å². The van der Waals surface area contributed by atoms with Gasteiger partial charge < -0.3 is 29.6 Å². The Hall–Kier alpha value is -5.39. The van der Waals surface area contributed by atoms with Gasteiger partial charge in [-0.15, -0.1) is 0 Å². The molecule has 12 heteroatoms. The van der Waals surface area contributed by atoms with E-state index in [1.54, 1.807) is 80.6 Å². The second-order valence-corrected chi connectivity index (χ2v) is 8.82. The van der Waals surface area contributed by atoms with Crippen LogP contribution in [0.2, 0.25) is 0 Å². The van der Waals surface area contributed by atoms with Gasteiger partial charge in [-0.05, 0) is 74.0 Å². The van der Waals surface area contributed by atoms with Crippen molar-refractivity contribution in [2.45, 2.75) is 26.7 Å². The lowest BCUT2D eigenvalue weighted by Crippen LogP contribution is -2.21. The minimum atomic E-state index is -0.437. The summed E-state index contributed by atoms with van der Waals surface area (Å²) in [6.07, 6.45) is 1.32. The Balaban J connectivity index is 1.47. The quantitative estimate of drug-likeness (QED) is 0.136.